The second kappa shape index (κ2) is 10.0. The van der Waals surface area contributed by atoms with Crippen LogP contribution in [-0.2, 0) is 9.59 Å². The van der Waals surface area contributed by atoms with Crippen LogP contribution in [0.15, 0.2) is 101 Å². The SMILES string of the molecule is Cc1ccc([N+](=O)[O-])cc1N1C(=O)C2C(C1=O)C(C(=O)c1ccc(Br)cc1)N1C=CC(C(=O)c3ccccc3)=CC21. The quantitative estimate of drug-likeness (QED) is 0.166. The maximum absolute atomic E-state index is 14.0. The van der Waals surface area contributed by atoms with Crippen molar-refractivity contribution in [3.63, 3.8) is 0 Å². The molecule has 2 fully saturated rings. The van der Waals surface area contributed by atoms with Gasteiger partial charge in [-0.1, -0.05) is 70.5 Å². The highest BCUT2D eigenvalue weighted by Gasteiger charge is 2.63. The second-order valence-electron chi connectivity index (χ2n) is 10.2. The van der Waals surface area contributed by atoms with Gasteiger partial charge in [-0.05, 0) is 30.7 Å². The number of aryl methyl sites for hydroxylation is 1. The first kappa shape index (κ1) is 26.5. The Morgan fingerprint density at radius 1 is 0.902 bits per heavy atom. The standard InChI is InChI=1S/C31H22BrN3O6/c1-17-7-12-22(35(40)41)16-23(17)34-30(38)25-24-15-20(28(36)18-5-3-2-4-6-18)13-14-33(24)27(26(25)31(34)39)29(37)19-8-10-21(32)11-9-19/h2-16,24-27H,1H3. The highest BCUT2D eigenvalue weighted by atomic mass is 79.9. The predicted octanol–water partition coefficient (Wildman–Crippen LogP) is 5.04. The summed E-state index contributed by atoms with van der Waals surface area (Å²) in [5.74, 6) is -3.80. The maximum Gasteiger partial charge on any atom is 0.271 e. The molecule has 9 nitrogen and oxygen atoms in total. The largest absolute Gasteiger partial charge is 0.359 e. The number of nitro groups is 1. The smallest absolute Gasteiger partial charge is 0.271 e. The molecule has 0 spiro atoms. The highest BCUT2D eigenvalue weighted by Crippen LogP contribution is 2.48. The summed E-state index contributed by atoms with van der Waals surface area (Å²) in [6, 6.07) is 17.7. The maximum atomic E-state index is 14.0. The van der Waals surface area contributed by atoms with E-state index in [0.717, 1.165) is 9.37 Å². The van der Waals surface area contributed by atoms with Gasteiger partial charge in [0, 0.05) is 39.5 Å². The summed E-state index contributed by atoms with van der Waals surface area (Å²) in [7, 11) is 0. The summed E-state index contributed by atoms with van der Waals surface area (Å²) < 4.78 is 0.778. The number of halogens is 1. The molecular formula is C31H22BrN3O6. The number of fused-ring (bicyclic) bond motifs is 3. The van der Waals surface area contributed by atoms with Crippen LogP contribution in [0.2, 0.25) is 0 Å². The Morgan fingerprint density at radius 2 is 1.59 bits per heavy atom. The number of anilines is 1. The van der Waals surface area contributed by atoms with E-state index in [1.54, 1.807) is 84.8 Å². The van der Waals surface area contributed by atoms with Crippen molar-refractivity contribution >= 4 is 50.7 Å². The van der Waals surface area contributed by atoms with Crippen LogP contribution in [0.3, 0.4) is 0 Å². The third-order valence-corrected chi connectivity index (χ3v) is 8.42. The zero-order valence-corrected chi connectivity index (χ0v) is 23.2. The van der Waals surface area contributed by atoms with E-state index in [9.17, 15) is 29.3 Å². The van der Waals surface area contributed by atoms with Crippen LogP contribution in [-0.4, -0.2) is 45.3 Å². The predicted molar refractivity (Wildman–Crippen MR) is 153 cm³/mol. The number of rotatable bonds is 6. The summed E-state index contributed by atoms with van der Waals surface area (Å²) in [5, 5.41) is 11.5. The number of carbonyl (C=O) groups is 4. The van der Waals surface area contributed by atoms with Gasteiger partial charge < -0.3 is 4.90 Å². The van der Waals surface area contributed by atoms with E-state index in [2.05, 4.69) is 15.9 Å². The molecule has 41 heavy (non-hydrogen) atoms. The molecule has 3 aromatic carbocycles. The third-order valence-electron chi connectivity index (χ3n) is 7.89. The first-order chi connectivity index (χ1) is 19.7. The number of nitrogens with zero attached hydrogens (tertiary/aromatic N) is 3. The lowest BCUT2D eigenvalue weighted by Crippen LogP contribution is -2.46. The van der Waals surface area contributed by atoms with Gasteiger partial charge in [0.15, 0.2) is 11.6 Å². The van der Waals surface area contributed by atoms with Crippen molar-refractivity contribution in [2.45, 2.75) is 19.0 Å². The first-order valence-corrected chi connectivity index (χ1v) is 13.7. The summed E-state index contributed by atoms with van der Waals surface area (Å²) in [5.41, 5.74) is 1.54. The normalized spacial score (nSPS) is 22.8. The molecule has 10 heteroatoms. The monoisotopic (exact) mass is 611 g/mol. The van der Waals surface area contributed by atoms with Crippen molar-refractivity contribution in [3.05, 3.63) is 128 Å². The number of nitro benzene ring substituents is 1. The number of non-ortho nitro benzene ring substituents is 1. The van der Waals surface area contributed by atoms with Gasteiger partial charge in [0.25, 0.3) is 5.69 Å². The molecule has 4 unspecified atom stereocenters. The van der Waals surface area contributed by atoms with Crippen molar-refractivity contribution in [2.75, 3.05) is 4.90 Å². The summed E-state index contributed by atoms with van der Waals surface area (Å²) in [6.45, 7) is 1.66. The Labute approximate surface area is 243 Å². The number of benzene rings is 3. The molecule has 0 saturated carbocycles. The number of ketones is 2. The fraction of sp³-hybridized carbons (Fsp3) is 0.161. The Balaban J connectivity index is 1.45. The molecule has 0 aromatic heterocycles. The average molecular weight is 612 g/mol. The van der Waals surface area contributed by atoms with Crippen molar-refractivity contribution in [3.8, 4) is 0 Å². The fourth-order valence-corrected chi connectivity index (χ4v) is 6.19. The molecule has 0 aliphatic carbocycles. The second-order valence-corrected chi connectivity index (χ2v) is 11.1. The van der Waals surface area contributed by atoms with Crippen LogP contribution in [0, 0.1) is 28.9 Å². The molecule has 3 aliphatic rings. The molecule has 3 aliphatic heterocycles. The van der Waals surface area contributed by atoms with Gasteiger partial charge in [0.1, 0.15) is 6.04 Å². The lowest BCUT2D eigenvalue weighted by atomic mass is 9.85. The van der Waals surface area contributed by atoms with Gasteiger partial charge in [0.2, 0.25) is 11.8 Å². The zero-order chi connectivity index (χ0) is 29.0. The Kier molecular flexibility index (Phi) is 6.50. The van der Waals surface area contributed by atoms with Gasteiger partial charge in [0.05, 0.1) is 28.5 Å². The van der Waals surface area contributed by atoms with Crippen molar-refractivity contribution < 1.29 is 24.1 Å². The zero-order valence-electron chi connectivity index (χ0n) is 21.6. The van der Waals surface area contributed by atoms with Gasteiger partial charge in [-0.2, -0.15) is 0 Å². The van der Waals surface area contributed by atoms with E-state index < -0.39 is 40.7 Å². The highest BCUT2D eigenvalue weighted by molar-refractivity contribution is 9.10. The third kappa shape index (κ3) is 4.31. The molecule has 0 bridgehead atoms. The molecule has 2 amide bonds. The van der Waals surface area contributed by atoms with Crippen LogP contribution in [0.25, 0.3) is 0 Å². The fourth-order valence-electron chi connectivity index (χ4n) is 5.93. The number of allylic oxidation sites excluding steroid dienone is 2. The minimum Gasteiger partial charge on any atom is -0.359 e. The molecule has 3 heterocycles. The molecular weight excluding hydrogens is 590 g/mol. The van der Waals surface area contributed by atoms with E-state index >= 15 is 0 Å². The number of imide groups is 1. The Morgan fingerprint density at radius 3 is 2.27 bits per heavy atom. The average Bonchev–Trinajstić information content (AvgIpc) is 3.44. The van der Waals surface area contributed by atoms with Gasteiger partial charge >= 0.3 is 0 Å². The van der Waals surface area contributed by atoms with Crippen molar-refractivity contribution in [2.24, 2.45) is 11.8 Å². The van der Waals surface area contributed by atoms with Crippen molar-refractivity contribution in [1.29, 1.82) is 0 Å². The molecule has 0 radical (unpaired) electrons. The van der Waals surface area contributed by atoms with Crippen LogP contribution in [0.1, 0.15) is 26.3 Å². The molecule has 3 aromatic rings. The topological polar surface area (TPSA) is 118 Å². The summed E-state index contributed by atoms with van der Waals surface area (Å²) in [4.78, 5) is 68.9. The van der Waals surface area contributed by atoms with Gasteiger partial charge in [-0.25, -0.2) is 4.90 Å². The number of carbonyl (C=O) groups excluding carboxylic acids is 4. The van der Waals surface area contributed by atoms with E-state index in [4.69, 9.17) is 0 Å². The molecule has 204 valence electrons. The lowest BCUT2D eigenvalue weighted by Gasteiger charge is -2.33. The number of hydrogen-bond acceptors (Lipinski definition) is 7. The molecule has 4 atom stereocenters. The summed E-state index contributed by atoms with van der Waals surface area (Å²) >= 11 is 3.37. The van der Waals surface area contributed by atoms with Crippen LogP contribution >= 0.6 is 15.9 Å². The lowest BCUT2D eigenvalue weighted by molar-refractivity contribution is -0.384. The number of amides is 2. The van der Waals surface area contributed by atoms with E-state index in [1.807, 2.05) is 0 Å². The number of hydrogen-bond donors (Lipinski definition) is 0. The minimum atomic E-state index is -1.06. The summed E-state index contributed by atoms with van der Waals surface area (Å²) in [6.07, 6.45) is 4.87. The van der Waals surface area contributed by atoms with Crippen LogP contribution < -0.4 is 4.90 Å². The van der Waals surface area contributed by atoms with Crippen LogP contribution in [0.4, 0.5) is 11.4 Å². The molecule has 0 N–H and O–H groups in total. The minimum absolute atomic E-state index is 0.112. The Hall–Kier alpha value is -4.70. The van der Waals surface area contributed by atoms with Gasteiger partial charge in [-0.15, -0.1) is 0 Å². The van der Waals surface area contributed by atoms with Crippen molar-refractivity contribution in [1.82, 2.24) is 4.90 Å². The van der Waals surface area contributed by atoms with E-state index in [0.29, 0.717) is 22.3 Å². The Bertz CT molecular complexity index is 1700. The molecule has 6 rings (SSSR count). The van der Waals surface area contributed by atoms with Gasteiger partial charge in [-0.3, -0.25) is 29.3 Å². The molecule has 2 saturated heterocycles. The van der Waals surface area contributed by atoms with E-state index in [1.165, 1.54) is 18.2 Å². The van der Waals surface area contributed by atoms with Crippen LogP contribution in [0.5, 0.6) is 0 Å². The van der Waals surface area contributed by atoms with E-state index in [-0.39, 0.29) is 22.9 Å². The first-order valence-electron chi connectivity index (χ1n) is 12.9. The number of Topliss-reactive ketones (excluding diaryl/α,β-unsaturated/α-hetero) is 2.